The zero-order valence-electron chi connectivity index (χ0n) is 12.1. The summed E-state index contributed by atoms with van der Waals surface area (Å²) in [5.41, 5.74) is 1.37. The van der Waals surface area contributed by atoms with Crippen molar-refractivity contribution < 1.29 is 13.9 Å². The van der Waals surface area contributed by atoms with Crippen LogP contribution in [0.2, 0.25) is 0 Å². The summed E-state index contributed by atoms with van der Waals surface area (Å²) in [4.78, 5) is 0. The van der Waals surface area contributed by atoms with Gasteiger partial charge in [0, 0.05) is 15.6 Å². The molecule has 0 spiro atoms. The monoisotopic (exact) mass is 353 g/mol. The van der Waals surface area contributed by atoms with Crippen molar-refractivity contribution in [1.82, 2.24) is 5.32 Å². The van der Waals surface area contributed by atoms with Gasteiger partial charge >= 0.3 is 0 Å². The van der Waals surface area contributed by atoms with Crippen LogP contribution in [0.4, 0.5) is 4.39 Å². The van der Waals surface area contributed by atoms with Crippen LogP contribution in [-0.2, 0) is 0 Å². The summed E-state index contributed by atoms with van der Waals surface area (Å²) in [5, 5.41) is 3.13. The molecule has 0 heterocycles. The van der Waals surface area contributed by atoms with E-state index in [1.54, 1.807) is 32.4 Å². The largest absolute Gasteiger partial charge is 0.496 e. The van der Waals surface area contributed by atoms with E-state index in [-0.39, 0.29) is 17.6 Å². The Morgan fingerprint density at radius 2 is 1.76 bits per heavy atom. The molecule has 0 amide bonds. The fourth-order valence-corrected chi connectivity index (χ4v) is 2.65. The number of methoxy groups -OCH3 is 2. The smallest absolute Gasteiger partial charge is 0.170 e. The lowest BCUT2D eigenvalue weighted by molar-refractivity contribution is 0.380. The summed E-state index contributed by atoms with van der Waals surface area (Å²) in [6.45, 7) is 0. The maximum atomic E-state index is 14.5. The summed E-state index contributed by atoms with van der Waals surface area (Å²) in [6.07, 6.45) is 0. The number of hydrogen-bond acceptors (Lipinski definition) is 3. The normalized spacial score (nSPS) is 12.0. The van der Waals surface area contributed by atoms with Crippen LogP contribution in [0.5, 0.6) is 11.5 Å². The number of nitrogens with one attached hydrogen (secondary N) is 1. The molecule has 1 atom stereocenters. The first-order chi connectivity index (χ1) is 10.1. The third kappa shape index (κ3) is 3.19. The van der Waals surface area contributed by atoms with Gasteiger partial charge < -0.3 is 14.8 Å². The Hall–Kier alpha value is -1.59. The first kappa shape index (κ1) is 15.8. The van der Waals surface area contributed by atoms with Crippen LogP contribution in [0.15, 0.2) is 40.9 Å². The fourth-order valence-electron chi connectivity index (χ4n) is 2.31. The molecule has 1 unspecified atom stereocenters. The summed E-state index contributed by atoms with van der Waals surface area (Å²) in [7, 11) is 4.84. The molecule has 0 saturated heterocycles. The van der Waals surface area contributed by atoms with Gasteiger partial charge in [-0.2, -0.15) is 0 Å². The fraction of sp³-hybridized carbons (Fsp3) is 0.250. The van der Waals surface area contributed by atoms with Crippen molar-refractivity contribution in [3.63, 3.8) is 0 Å². The summed E-state index contributed by atoms with van der Waals surface area (Å²) in [6, 6.07) is 10.4. The second-order valence-electron chi connectivity index (χ2n) is 4.47. The van der Waals surface area contributed by atoms with Gasteiger partial charge in [0.05, 0.1) is 20.3 Å². The molecule has 0 aliphatic carbocycles. The minimum Gasteiger partial charge on any atom is -0.496 e. The molecular formula is C16H17BrFNO2. The van der Waals surface area contributed by atoms with E-state index in [2.05, 4.69) is 21.2 Å². The lowest BCUT2D eigenvalue weighted by atomic mass is 9.97. The van der Waals surface area contributed by atoms with E-state index in [1.807, 2.05) is 18.2 Å². The highest BCUT2D eigenvalue weighted by Gasteiger charge is 2.21. The Bertz CT molecular complexity index is 634. The van der Waals surface area contributed by atoms with Crippen LogP contribution in [0.25, 0.3) is 0 Å². The van der Waals surface area contributed by atoms with Crippen LogP contribution in [0.1, 0.15) is 17.2 Å². The standard InChI is InChI=1S/C16H17BrFNO2/c1-19-16(11-8-7-10(17)9-14(11)21-3)12-5-4-6-13(20-2)15(12)18/h4-9,16,19H,1-3H3. The number of hydrogen-bond donors (Lipinski definition) is 1. The van der Waals surface area contributed by atoms with Crippen molar-refractivity contribution in [2.75, 3.05) is 21.3 Å². The van der Waals surface area contributed by atoms with Gasteiger partial charge in [0.15, 0.2) is 11.6 Å². The average Bonchev–Trinajstić information content (AvgIpc) is 2.50. The van der Waals surface area contributed by atoms with E-state index in [1.165, 1.54) is 7.11 Å². The van der Waals surface area contributed by atoms with Gasteiger partial charge in [0.25, 0.3) is 0 Å². The molecular weight excluding hydrogens is 337 g/mol. The van der Waals surface area contributed by atoms with Gasteiger partial charge in [-0.05, 0) is 25.2 Å². The number of rotatable bonds is 5. The Morgan fingerprint density at radius 1 is 1.05 bits per heavy atom. The van der Waals surface area contributed by atoms with Crippen molar-refractivity contribution in [2.45, 2.75) is 6.04 Å². The molecule has 2 aromatic rings. The van der Waals surface area contributed by atoms with Crippen LogP contribution in [0.3, 0.4) is 0 Å². The van der Waals surface area contributed by atoms with Crippen LogP contribution >= 0.6 is 15.9 Å². The number of ether oxygens (including phenoxy) is 2. The molecule has 2 rings (SSSR count). The predicted molar refractivity (Wildman–Crippen MR) is 84.5 cm³/mol. The molecule has 0 radical (unpaired) electrons. The molecule has 21 heavy (non-hydrogen) atoms. The van der Waals surface area contributed by atoms with Crippen molar-refractivity contribution in [2.24, 2.45) is 0 Å². The Balaban J connectivity index is 2.55. The van der Waals surface area contributed by atoms with Crippen molar-refractivity contribution in [3.8, 4) is 11.5 Å². The van der Waals surface area contributed by atoms with Gasteiger partial charge in [-0.3, -0.25) is 0 Å². The number of benzene rings is 2. The van der Waals surface area contributed by atoms with Crippen LogP contribution < -0.4 is 14.8 Å². The lowest BCUT2D eigenvalue weighted by Crippen LogP contribution is -2.20. The predicted octanol–water partition coefficient (Wildman–Crippen LogP) is 3.91. The van der Waals surface area contributed by atoms with Gasteiger partial charge in [-0.15, -0.1) is 0 Å². The average molecular weight is 354 g/mol. The summed E-state index contributed by atoms with van der Waals surface area (Å²) >= 11 is 3.41. The topological polar surface area (TPSA) is 30.5 Å². The maximum absolute atomic E-state index is 14.5. The van der Waals surface area contributed by atoms with E-state index in [0.717, 1.165) is 10.0 Å². The van der Waals surface area contributed by atoms with E-state index >= 15 is 0 Å². The highest BCUT2D eigenvalue weighted by molar-refractivity contribution is 9.10. The summed E-state index contributed by atoms with van der Waals surface area (Å²) < 4.78 is 25.9. The molecule has 0 bridgehead atoms. The first-order valence-corrected chi connectivity index (χ1v) is 7.24. The van der Waals surface area contributed by atoms with E-state index in [9.17, 15) is 4.39 Å². The molecule has 0 aromatic heterocycles. The molecule has 3 nitrogen and oxygen atoms in total. The van der Waals surface area contributed by atoms with Crippen molar-refractivity contribution >= 4 is 15.9 Å². The van der Waals surface area contributed by atoms with Gasteiger partial charge in [-0.1, -0.05) is 34.1 Å². The molecule has 0 aliphatic rings. The quantitative estimate of drug-likeness (QED) is 0.883. The Kier molecular flexibility index (Phi) is 5.20. The second kappa shape index (κ2) is 6.91. The molecule has 2 aromatic carbocycles. The summed E-state index contributed by atoms with van der Waals surface area (Å²) in [5.74, 6) is 0.541. The van der Waals surface area contributed by atoms with Gasteiger partial charge in [0.2, 0.25) is 0 Å². The van der Waals surface area contributed by atoms with Gasteiger partial charge in [0.1, 0.15) is 5.75 Å². The third-order valence-electron chi connectivity index (χ3n) is 3.32. The molecule has 0 saturated carbocycles. The van der Waals surface area contributed by atoms with E-state index < -0.39 is 0 Å². The minimum absolute atomic E-state index is 0.226. The first-order valence-electron chi connectivity index (χ1n) is 6.45. The highest BCUT2D eigenvalue weighted by atomic mass is 79.9. The van der Waals surface area contributed by atoms with Crippen molar-refractivity contribution in [1.29, 1.82) is 0 Å². The Morgan fingerprint density at radius 3 is 2.38 bits per heavy atom. The SMILES string of the molecule is CNC(c1ccc(Br)cc1OC)c1cccc(OC)c1F. The number of halogens is 2. The molecule has 0 fully saturated rings. The van der Waals surface area contributed by atoms with Gasteiger partial charge in [-0.25, -0.2) is 4.39 Å². The van der Waals surface area contributed by atoms with E-state index in [0.29, 0.717) is 11.3 Å². The van der Waals surface area contributed by atoms with E-state index in [4.69, 9.17) is 9.47 Å². The van der Waals surface area contributed by atoms with Crippen LogP contribution in [-0.4, -0.2) is 21.3 Å². The lowest BCUT2D eigenvalue weighted by Gasteiger charge is -2.21. The van der Waals surface area contributed by atoms with Crippen molar-refractivity contribution in [3.05, 3.63) is 57.8 Å². The molecule has 5 heteroatoms. The third-order valence-corrected chi connectivity index (χ3v) is 3.81. The minimum atomic E-state index is -0.371. The van der Waals surface area contributed by atoms with Crippen LogP contribution in [0, 0.1) is 5.82 Å². The zero-order valence-corrected chi connectivity index (χ0v) is 13.7. The second-order valence-corrected chi connectivity index (χ2v) is 5.39. The highest BCUT2D eigenvalue weighted by Crippen LogP contribution is 2.35. The zero-order chi connectivity index (χ0) is 15.4. The molecule has 0 aliphatic heterocycles. The molecule has 112 valence electrons. The maximum Gasteiger partial charge on any atom is 0.170 e. The Labute approximate surface area is 132 Å². The molecule has 1 N–H and O–H groups in total.